The molecule has 2 fully saturated rings. The molecule has 2 bridgehead atoms. The molecule has 1 amide bonds. The molecule has 3 aromatic rings. The quantitative estimate of drug-likeness (QED) is 0.553. The molecule has 2 saturated carbocycles. The van der Waals surface area contributed by atoms with Crippen LogP contribution in [0.2, 0.25) is 0 Å². The fraction of sp³-hybridized carbons (Fsp3) is 0.423. The number of carbonyl (C=O) groups excluding carboxylic acids is 1. The number of amides is 1. The normalized spacial score (nSPS) is 22.1. The molecule has 0 saturated heterocycles. The van der Waals surface area contributed by atoms with E-state index in [9.17, 15) is 4.79 Å². The maximum Gasteiger partial charge on any atom is 0.252 e. The molecule has 2 N–H and O–H groups in total. The van der Waals surface area contributed by atoms with Crippen molar-refractivity contribution in [2.24, 2.45) is 11.8 Å². The molecule has 0 radical (unpaired) electrons. The Bertz CT molecular complexity index is 1210. The minimum Gasteiger partial charge on any atom is -0.337 e. The van der Waals surface area contributed by atoms with Crippen molar-refractivity contribution in [1.82, 2.24) is 25.1 Å². The summed E-state index contributed by atoms with van der Waals surface area (Å²) in [7, 11) is 0. The van der Waals surface area contributed by atoms with Crippen molar-refractivity contribution in [2.75, 3.05) is 5.32 Å². The van der Waals surface area contributed by atoms with Gasteiger partial charge in [-0.1, -0.05) is 25.0 Å². The Balaban J connectivity index is 1.29. The summed E-state index contributed by atoms with van der Waals surface area (Å²) in [5, 5.41) is 19.4. The molecule has 8 nitrogen and oxygen atoms in total. The first kappa shape index (κ1) is 22.1. The van der Waals surface area contributed by atoms with E-state index in [4.69, 9.17) is 10.2 Å². The number of nitriles is 1. The average molecular weight is 456 g/mol. The van der Waals surface area contributed by atoms with Gasteiger partial charge in [0.25, 0.3) is 5.91 Å². The van der Waals surface area contributed by atoms with Crippen LogP contribution in [0.1, 0.15) is 61.0 Å². The van der Waals surface area contributed by atoms with E-state index in [1.807, 2.05) is 31.3 Å². The van der Waals surface area contributed by atoms with Crippen molar-refractivity contribution in [3.05, 3.63) is 54.0 Å². The Hall–Kier alpha value is -3.73. The van der Waals surface area contributed by atoms with Gasteiger partial charge in [-0.25, -0.2) is 9.97 Å². The van der Waals surface area contributed by atoms with Crippen LogP contribution in [0.25, 0.3) is 11.3 Å². The second kappa shape index (κ2) is 9.26. The predicted molar refractivity (Wildman–Crippen MR) is 129 cm³/mol. The third-order valence-electron chi connectivity index (χ3n) is 7.03. The summed E-state index contributed by atoms with van der Waals surface area (Å²) in [5.41, 5.74) is 4.01. The summed E-state index contributed by atoms with van der Waals surface area (Å²) >= 11 is 0. The number of benzene rings is 1. The Labute approximate surface area is 199 Å². The molecule has 0 aliphatic heterocycles. The van der Waals surface area contributed by atoms with E-state index in [1.54, 1.807) is 25.3 Å². The number of hydrogen-bond donors (Lipinski definition) is 2. The van der Waals surface area contributed by atoms with E-state index < -0.39 is 6.04 Å². The summed E-state index contributed by atoms with van der Waals surface area (Å²) < 4.78 is 2.11. The molecule has 3 atom stereocenters. The third-order valence-corrected chi connectivity index (χ3v) is 7.03. The highest BCUT2D eigenvalue weighted by atomic mass is 16.1. The topological polar surface area (TPSA) is 109 Å². The molecule has 174 valence electrons. The molecule has 2 aliphatic carbocycles. The van der Waals surface area contributed by atoms with Crippen LogP contribution < -0.4 is 10.6 Å². The SMILES string of the molecule is Cc1cnc(Nc2cnn(C3CC4CCC(C4)C3)c2)nc1-c1ccc(C(=O)N[C@@H](C)C#N)cc1. The first-order chi connectivity index (χ1) is 16.5. The number of rotatable bonds is 6. The van der Waals surface area contributed by atoms with Gasteiger partial charge < -0.3 is 10.6 Å². The molecule has 34 heavy (non-hydrogen) atoms. The molecule has 1 aromatic carbocycles. The number of nitrogens with one attached hydrogen (secondary N) is 2. The maximum absolute atomic E-state index is 12.2. The molecule has 2 aliphatic rings. The summed E-state index contributed by atoms with van der Waals surface area (Å²) in [4.78, 5) is 21.4. The van der Waals surface area contributed by atoms with Gasteiger partial charge in [-0.05, 0) is 62.6 Å². The van der Waals surface area contributed by atoms with Crippen LogP contribution in [0.15, 0.2) is 42.9 Å². The van der Waals surface area contributed by atoms with Crippen molar-refractivity contribution in [3.63, 3.8) is 0 Å². The second-order valence-electron chi connectivity index (χ2n) is 9.63. The zero-order valence-electron chi connectivity index (χ0n) is 19.5. The molecule has 0 spiro atoms. The summed E-state index contributed by atoms with van der Waals surface area (Å²) in [6, 6.07) is 9.16. The van der Waals surface area contributed by atoms with E-state index in [0.717, 1.165) is 34.3 Å². The second-order valence-corrected chi connectivity index (χ2v) is 9.63. The van der Waals surface area contributed by atoms with Crippen LogP contribution in [-0.4, -0.2) is 31.7 Å². The van der Waals surface area contributed by atoms with Crippen LogP contribution in [0, 0.1) is 30.1 Å². The van der Waals surface area contributed by atoms with Gasteiger partial charge in [0.15, 0.2) is 0 Å². The Morgan fingerprint density at radius 3 is 2.59 bits per heavy atom. The molecule has 2 unspecified atom stereocenters. The number of fused-ring (bicyclic) bond motifs is 2. The molecule has 2 aromatic heterocycles. The lowest BCUT2D eigenvalue weighted by atomic mass is 9.85. The lowest BCUT2D eigenvalue weighted by molar-refractivity contribution is 0.0948. The number of hydrogen-bond acceptors (Lipinski definition) is 6. The van der Waals surface area contributed by atoms with Gasteiger partial charge in [0.2, 0.25) is 5.95 Å². The lowest BCUT2D eigenvalue weighted by Crippen LogP contribution is -2.31. The minimum absolute atomic E-state index is 0.273. The van der Waals surface area contributed by atoms with Gasteiger partial charge in [-0.15, -0.1) is 0 Å². The highest BCUT2D eigenvalue weighted by Crippen LogP contribution is 2.46. The van der Waals surface area contributed by atoms with E-state index in [0.29, 0.717) is 17.6 Å². The number of carbonyl (C=O) groups is 1. The predicted octanol–water partition coefficient (Wildman–Crippen LogP) is 4.79. The van der Waals surface area contributed by atoms with Gasteiger partial charge in [-0.3, -0.25) is 9.48 Å². The molecule has 8 heteroatoms. The maximum atomic E-state index is 12.2. The third kappa shape index (κ3) is 4.65. The largest absolute Gasteiger partial charge is 0.337 e. The van der Waals surface area contributed by atoms with E-state index in [1.165, 1.54) is 32.1 Å². The van der Waals surface area contributed by atoms with Crippen molar-refractivity contribution in [2.45, 2.75) is 58.0 Å². The zero-order valence-corrected chi connectivity index (χ0v) is 19.5. The first-order valence-electron chi connectivity index (χ1n) is 11.9. The molecular formula is C26H29N7O. The highest BCUT2D eigenvalue weighted by Gasteiger charge is 2.35. The number of aryl methyl sites for hydroxylation is 1. The summed E-state index contributed by atoms with van der Waals surface area (Å²) in [6.07, 6.45) is 12.3. The van der Waals surface area contributed by atoms with Crippen LogP contribution in [-0.2, 0) is 0 Å². The summed E-state index contributed by atoms with van der Waals surface area (Å²) in [6.45, 7) is 3.61. The smallest absolute Gasteiger partial charge is 0.252 e. The van der Waals surface area contributed by atoms with Gasteiger partial charge in [0.05, 0.1) is 29.7 Å². The Morgan fingerprint density at radius 2 is 1.88 bits per heavy atom. The first-order valence-corrected chi connectivity index (χ1v) is 11.9. The van der Waals surface area contributed by atoms with Gasteiger partial charge in [-0.2, -0.15) is 10.4 Å². The zero-order chi connectivity index (χ0) is 23.7. The summed E-state index contributed by atoms with van der Waals surface area (Å²) in [5.74, 6) is 1.96. The monoisotopic (exact) mass is 455 g/mol. The fourth-order valence-corrected chi connectivity index (χ4v) is 5.31. The van der Waals surface area contributed by atoms with Crippen LogP contribution >= 0.6 is 0 Å². The Kier molecular flexibility index (Phi) is 6.01. The number of nitrogens with zero attached hydrogens (tertiary/aromatic N) is 5. The van der Waals surface area contributed by atoms with E-state index in [2.05, 4.69) is 31.6 Å². The van der Waals surface area contributed by atoms with Gasteiger partial charge >= 0.3 is 0 Å². The Morgan fingerprint density at radius 1 is 1.15 bits per heavy atom. The van der Waals surface area contributed by atoms with E-state index in [-0.39, 0.29) is 5.91 Å². The van der Waals surface area contributed by atoms with Crippen LogP contribution in [0.4, 0.5) is 11.6 Å². The highest BCUT2D eigenvalue weighted by molar-refractivity contribution is 5.95. The van der Waals surface area contributed by atoms with Crippen molar-refractivity contribution in [1.29, 1.82) is 5.26 Å². The molecule has 2 heterocycles. The fourth-order valence-electron chi connectivity index (χ4n) is 5.31. The van der Waals surface area contributed by atoms with Crippen LogP contribution in [0.5, 0.6) is 0 Å². The minimum atomic E-state index is -0.539. The number of aromatic nitrogens is 4. The van der Waals surface area contributed by atoms with Gasteiger partial charge in [0, 0.05) is 23.5 Å². The van der Waals surface area contributed by atoms with Gasteiger partial charge in [0.1, 0.15) is 6.04 Å². The molecular weight excluding hydrogens is 426 g/mol. The van der Waals surface area contributed by atoms with Crippen molar-refractivity contribution < 1.29 is 4.79 Å². The average Bonchev–Trinajstić information content (AvgIpc) is 3.45. The lowest BCUT2D eigenvalue weighted by Gasteiger charge is -2.27. The van der Waals surface area contributed by atoms with Crippen molar-refractivity contribution >= 4 is 17.5 Å². The number of anilines is 2. The van der Waals surface area contributed by atoms with E-state index >= 15 is 0 Å². The molecule has 5 rings (SSSR count). The standard InChI is InChI=1S/C26H29N7O/c1-16-13-28-26(31-22-14-29-33(15-22)23-10-18-3-4-19(9-18)11-23)32-24(16)20-5-7-21(8-6-20)25(34)30-17(2)12-27/h5-8,13-15,17-19,23H,3-4,9-11H2,1-2H3,(H,30,34)(H,28,31,32)/t17-,18?,19?,23?/m0/s1. The van der Waals surface area contributed by atoms with Crippen LogP contribution in [0.3, 0.4) is 0 Å². The van der Waals surface area contributed by atoms with Crippen molar-refractivity contribution in [3.8, 4) is 17.3 Å².